The lowest BCUT2D eigenvalue weighted by atomic mass is 9.99. The van der Waals surface area contributed by atoms with Gasteiger partial charge in [0.05, 0.1) is 11.4 Å². The normalized spacial score (nSPS) is 12.2. The van der Waals surface area contributed by atoms with E-state index in [4.69, 9.17) is 4.42 Å². The van der Waals surface area contributed by atoms with E-state index >= 15 is 0 Å². The second kappa shape index (κ2) is 8.46. The number of anilines is 1. The van der Waals surface area contributed by atoms with Gasteiger partial charge < -0.3 is 9.73 Å². The molecule has 29 heavy (non-hydrogen) atoms. The fourth-order valence-corrected chi connectivity index (χ4v) is 4.24. The van der Waals surface area contributed by atoms with Crippen molar-refractivity contribution in [2.24, 2.45) is 0 Å². The van der Waals surface area contributed by atoms with Crippen LogP contribution in [0.3, 0.4) is 0 Å². The van der Waals surface area contributed by atoms with Crippen molar-refractivity contribution in [2.75, 3.05) is 11.1 Å². The second-order valence-electron chi connectivity index (χ2n) is 7.48. The first-order valence-electron chi connectivity index (χ1n) is 9.81. The van der Waals surface area contributed by atoms with Gasteiger partial charge in [-0.15, -0.1) is 0 Å². The molecular formula is C24H27NO3S. The maximum atomic E-state index is 13.0. The Bertz CT molecular complexity index is 1150. The molecule has 0 saturated heterocycles. The van der Waals surface area contributed by atoms with Crippen LogP contribution >= 0.6 is 11.8 Å². The smallest absolute Gasteiger partial charge is 0.196 e. The molecule has 1 N–H and O–H groups in total. The highest BCUT2D eigenvalue weighted by molar-refractivity contribution is 7.99. The van der Waals surface area contributed by atoms with Crippen LogP contribution in [0.2, 0.25) is 0 Å². The number of nitrogens with one attached hydrogen (secondary N) is 1. The van der Waals surface area contributed by atoms with E-state index in [9.17, 15) is 9.59 Å². The Morgan fingerprint density at radius 2 is 1.86 bits per heavy atom. The summed E-state index contributed by atoms with van der Waals surface area (Å²) in [5, 5.41) is 4.72. The number of thioether (sulfide) groups is 1. The summed E-state index contributed by atoms with van der Waals surface area (Å²) in [5.41, 5.74) is 5.66. The molecule has 0 aliphatic carbocycles. The molecule has 0 fully saturated rings. The lowest BCUT2D eigenvalue weighted by molar-refractivity contribution is 0.101. The van der Waals surface area contributed by atoms with E-state index in [0.29, 0.717) is 27.2 Å². The molecule has 5 heteroatoms. The van der Waals surface area contributed by atoms with Crippen molar-refractivity contribution in [2.45, 2.75) is 52.7 Å². The molecule has 0 aliphatic rings. The van der Waals surface area contributed by atoms with Crippen molar-refractivity contribution in [1.29, 1.82) is 0 Å². The van der Waals surface area contributed by atoms with Crippen molar-refractivity contribution in [3.63, 3.8) is 0 Å². The summed E-state index contributed by atoms with van der Waals surface area (Å²) >= 11 is 1.54. The van der Waals surface area contributed by atoms with E-state index in [1.165, 1.54) is 11.8 Å². The molecule has 0 radical (unpaired) electrons. The Balaban J connectivity index is 2.14. The van der Waals surface area contributed by atoms with Gasteiger partial charge in [0.15, 0.2) is 16.3 Å². The van der Waals surface area contributed by atoms with Gasteiger partial charge in [-0.2, -0.15) is 0 Å². The zero-order valence-corrected chi connectivity index (χ0v) is 18.6. The lowest BCUT2D eigenvalue weighted by Crippen LogP contribution is -2.13. The van der Waals surface area contributed by atoms with Crippen LogP contribution in [-0.2, 0) is 0 Å². The molecule has 0 bridgehead atoms. The van der Waals surface area contributed by atoms with Gasteiger partial charge in [-0.1, -0.05) is 36.4 Å². The van der Waals surface area contributed by atoms with Gasteiger partial charge >= 0.3 is 0 Å². The summed E-state index contributed by atoms with van der Waals surface area (Å²) in [6, 6.07) is 9.58. The third-order valence-electron chi connectivity index (χ3n) is 5.02. The van der Waals surface area contributed by atoms with Crippen LogP contribution in [0.25, 0.3) is 11.0 Å². The Labute approximate surface area is 175 Å². The van der Waals surface area contributed by atoms with E-state index < -0.39 is 0 Å². The zero-order chi connectivity index (χ0) is 21.3. The molecule has 1 atom stereocenters. The molecule has 152 valence electrons. The highest BCUT2D eigenvalue weighted by Crippen LogP contribution is 2.32. The van der Waals surface area contributed by atoms with Crippen LogP contribution in [0.15, 0.2) is 44.6 Å². The SMILES string of the molecule is CCSc1oc2c([C@@H](C)Nc3ccc(C)cc3C(C)=O)cc(C)cc2c(=O)c1C. The number of Topliss-reactive ketones (excluding diaryl/α,β-unsaturated/α-hetero) is 1. The summed E-state index contributed by atoms with van der Waals surface area (Å²) in [4.78, 5) is 25.1. The molecule has 1 aromatic heterocycles. The van der Waals surface area contributed by atoms with E-state index in [2.05, 4.69) is 5.32 Å². The van der Waals surface area contributed by atoms with E-state index in [1.54, 1.807) is 6.92 Å². The average Bonchev–Trinajstić information content (AvgIpc) is 2.67. The minimum Gasteiger partial charge on any atom is -0.449 e. The van der Waals surface area contributed by atoms with Crippen molar-refractivity contribution < 1.29 is 9.21 Å². The maximum absolute atomic E-state index is 13.0. The van der Waals surface area contributed by atoms with E-state index in [-0.39, 0.29) is 17.3 Å². The van der Waals surface area contributed by atoms with Crippen molar-refractivity contribution in [3.8, 4) is 0 Å². The van der Waals surface area contributed by atoms with Crippen LogP contribution in [0.4, 0.5) is 5.69 Å². The largest absolute Gasteiger partial charge is 0.449 e. The summed E-state index contributed by atoms with van der Waals surface area (Å²) < 4.78 is 6.21. The maximum Gasteiger partial charge on any atom is 0.196 e. The molecule has 0 aliphatic heterocycles. The number of rotatable bonds is 6. The number of hydrogen-bond donors (Lipinski definition) is 1. The zero-order valence-electron chi connectivity index (χ0n) is 17.8. The number of carbonyl (C=O) groups excluding carboxylic acids is 1. The Hall–Kier alpha value is -2.53. The number of benzene rings is 2. The monoisotopic (exact) mass is 409 g/mol. The third kappa shape index (κ3) is 4.25. The van der Waals surface area contributed by atoms with Gasteiger partial charge in [0.1, 0.15) is 5.58 Å². The van der Waals surface area contributed by atoms with Gasteiger partial charge in [0.25, 0.3) is 0 Å². The molecule has 3 rings (SSSR count). The summed E-state index contributed by atoms with van der Waals surface area (Å²) in [6.07, 6.45) is 0. The number of carbonyl (C=O) groups is 1. The average molecular weight is 410 g/mol. The molecule has 0 unspecified atom stereocenters. The van der Waals surface area contributed by atoms with Gasteiger partial charge in [0, 0.05) is 22.4 Å². The molecule has 1 heterocycles. The van der Waals surface area contributed by atoms with Crippen molar-refractivity contribution >= 4 is 34.2 Å². The van der Waals surface area contributed by atoms with Crippen LogP contribution in [0.1, 0.15) is 59.4 Å². The predicted octanol–water partition coefficient (Wildman–Crippen LogP) is 6.21. The fraction of sp³-hybridized carbons (Fsp3) is 0.333. The topological polar surface area (TPSA) is 59.3 Å². The molecule has 3 aromatic rings. The number of fused-ring (bicyclic) bond motifs is 1. The number of aryl methyl sites for hydroxylation is 2. The molecule has 0 saturated carbocycles. The van der Waals surface area contributed by atoms with Crippen LogP contribution in [0.5, 0.6) is 0 Å². The van der Waals surface area contributed by atoms with Crippen molar-refractivity contribution in [1.82, 2.24) is 0 Å². The Kier molecular flexibility index (Phi) is 6.18. The third-order valence-corrected chi connectivity index (χ3v) is 5.96. The Morgan fingerprint density at radius 3 is 2.52 bits per heavy atom. The summed E-state index contributed by atoms with van der Waals surface area (Å²) in [7, 11) is 0. The molecule has 0 amide bonds. The summed E-state index contributed by atoms with van der Waals surface area (Å²) in [5.74, 6) is 0.844. The molecule has 2 aromatic carbocycles. The first kappa shape index (κ1) is 21.2. The number of ketones is 1. The molecule has 4 nitrogen and oxygen atoms in total. The van der Waals surface area contributed by atoms with Crippen LogP contribution in [0, 0.1) is 20.8 Å². The van der Waals surface area contributed by atoms with Gasteiger partial charge in [0.2, 0.25) is 0 Å². The standard InChI is InChI=1S/C24H27NO3S/c1-7-29-24-15(4)22(27)20-12-14(3)11-18(23(20)28-24)16(5)25-21-9-8-13(2)10-19(21)17(6)26/h8-12,16,25H,7H2,1-6H3/t16-/m1/s1. The van der Waals surface area contributed by atoms with Crippen molar-refractivity contribution in [3.05, 3.63) is 68.4 Å². The minimum atomic E-state index is -0.150. The lowest BCUT2D eigenvalue weighted by Gasteiger charge is -2.20. The first-order valence-corrected chi connectivity index (χ1v) is 10.8. The molecule has 0 spiro atoms. The first-order chi connectivity index (χ1) is 13.7. The predicted molar refractivity (Wildman–Crippen MR) is 122 cm³/mol. The van der Waals surface area contributed by atoms with E-state index in [0.717, 1.165) is 28.1 Å². The van der Waals surface area contributed by atoms with Gasteiger partial charge in [-0.05, 0) is 64.1 Å². The highest BCUT2D eigenvalue weighted by Gasteiger charge is 2.19. The highest BCUT2D eigenvalue weighted by atomic mass is 32.2. The van der Waals surface area contributed by atoms with Crippen LogP contribution < -0.4 is 10.7 Å². The van der Waals surface area contributed by atoms with Gasteiger partial charge in [-0.3, -0.25) is 9.59 Å². The molecular weight excluding hydrogens is 382 g/mol. The number of hydrogen-bond acceptors (Lipinski definition) is 5. The fourth-order valence-electron chi connectivity index (χ4n) is 3.52. The Morgan fingerprint density at radius 1 is 1.14 bits per heavy atom. The van der Waals surface area contributed by atoms with Crippen LogP contribution in [-0.4, -0.2) is 11.5 Å². The second-order valence-corrected chi connectivity index (χ2v) is 8.72. The van der Waals surface area contributed by atoms with Gasteiger partial charge in [-0.25, -0.2) is 0 Å². The van der Waals surface area contributed by atoms with E-state index in [1.807, 2.05) is 65.0 Å². The summed E-state index contributed by atoms with van der Waals surface area (Å²) in [6.45, 7) is 11.4. The minimum absolute atomic E-state index is 0.0131. The quantitative estimate of drug-likeness (QED) is 0.388.